The van der Waals surface area contributed by atoms with E-state index in [1.807, 2.05) is 6.92 Å². The maximum atomic E-state index is 11.8. The van der Waals surface area contributed by atoms with Crippen LogP contribution in [0, 0.1) is 0 Å². The Hall–Kier alpha value is -1.32. The van der Waals surface area contributed by atoms with Crippen molar-refractivity contribution in [2.75, 3.05) is 6.61 Å². The van der Waals surface area contributed by atoms with E-state index >= 15 is 0 Å². The molecule has 0 bridgehead atoms. The summed E-state index contributed by atoms with van der Waals surface area (Å²) in [4.78, 5) is 18.9. The molecule has 0 aliphatic carbocycles. The summed E-state index contributed by atoms with van der Waals surface area (Å²) < 4.78 is 5.06. The molecule has 0 radical (unpaired) electrons. The van der Waals surface area contributed by atoms with Gasteiger partial charge < -0.3 is 9.72 Å². The summed E-state index contributed by atoms with van der Waals surface area (Å²) in [6.45, 7) is 4.39. The van der Waals surface area contributed by atoms with E-state index in [-0.39, 0.29) is 11.9 Å². The van der Waals surface area contributed by atoms with Gasteiger partial charge in [-0.2, -0.15) is 0 Å². The second-order valence-corrected chi connectivity index (χ2v) is 3.77. The van der Waals surface area contributed by atoms with Crippen LogP contribution in [0.4, 0.5) is 0 Å². The molecule has 0 fully saturated rings. The van der Waals surface area contributed by atoms with E-state index in [0.717, 1.165) is 31.5 Å². The summed E-state index contributed by atoms with van der Waals surface area (Å²) in [5.41, 5.74) is 0. The average Bonchev–Trinajstić information content (AvgIpc) is 2.78. The predicted molar refractivity (Wildman–Crippen MR) is 62.1 cm³/mol. The number of aromatic nitrogens is 2. The molecule has 1 unspecified atom stereocenters. The Morgan fingerprint density at radius 3 is 2.88 bits per heavy atom. The maximum absolute atomic E-state index is 11.8. The van der Waals surface area contributed by atoms with Gasteiger partial charge in [0, 0.05) is 12.4 Å². The topological polar surface area (TPSA) is 55.0 Å². The number of ether oxygens (including phenoxy) is 1. The molecule has 1 N–H and O–H groups in total. The molecule has 0 aliphatic heterocycles. The van der Waals surface area contributed by atoms with Crippen LogP contribution in [0.3, 0.4) is 0 Å². The smallest absolute Gasteiger partial charge is 0.316 e. The number of carbonyl (C=O) groups excluding carboxylic acids is 1. The van der Waals surface area contributed by atoms with Crippen LogP contribution in [0.15, 0.2) is 12.4 Å². The Balaban J connectivity index is 2.58. The van der Waals surface area contributed by atoms with Crippen LogP contribution in [0.25, 0.3) is 0 Å². The number of aromatic amines is 1. The zero-order valence-corrected chi connectivity index (χ0v) is 10.0. The highest BCUT2D eigenvalue weighted by molar-refractivity contribution is 5.76. The summed E-state index contributed by atoms with van der Waals surface area (Å²) in [7, 11) is 0. The van der Waals surface area contributed by atoms with Crippen LogP contribution in [0.5, 0.6) is 0 Å². The van der Waals surface area contributed by atoms with Gasteiger partial charge >= 0.3 is 5.97 Å². The Morgan fingerprint density at radius 2 is 2.31 bits per heavy atom. The van der Waals surface area contributed by atoms with Gasteiger partial charge in [0.25, 0.3) is 0 Å². The molecule has 0 aliphatic rings. The second-order valence-electron chi connectivity index (χ2n) is 3.77. The number of H-pyrrole nitrogens is 1. The molecule has 0 saturated heterocycles. The van der Waals surface area contributed by atoms with Gasteiger partial charge in [0.2, 0.25) is 0 Å². The fourth-order valence-electron chi connectivity index (χ4n) is 1.68. The van der Waals surface area contributed by atoms with E-state index in [1.54, 1.807) is 12.4 Å². The van der Waals surface area contributed by atoms with Crippen LogP contribution in [0.2, 0.25) is 0 Å². The van der Waals surface area contributed by atoms with Crippen molar-refractivity contribution < 1.29 is 9.53 Å². The third-order valence-electron chi connectivity index (χ3n) is 2.52. The number of nitrogens with zero attached hydrogens (tertiary/aromatic N) is 1. The lowest BCUT2D eigenvalue weighted by Crippen LogP contribution is -2.17. The third kappa shape index (κ3) is 3.68. The van der Waals surface area contributed by atoms with Gasteiger partial charge in [-0.15, -0.1) is 0 Å². The van der Waals surface area contributed by atoms with E-state index in [1.165, 1.54) is 0 Å². The lowest BCUT2D eigenvalue weighted by atomic mass is 10.0. The highest BCUT2D eigenvalue weighted by atomic mass is 16.5. The summed E-state index contributed by atoms with van der Waals surface area (Å²) in [6, 6.07) is 0. The second kappa shape index (κ2) is 7.04. The fraction of sp³-hybridized carbons (Fsp3) is 0.667. The number of rotatable bonds is 7. The molecule has 4 nitrogen and oxygen atoms in total. The molecule has 0 aromatic carbocycles. The molecule has 1 aromatic heterocycles. The van der Waals surface area contributed by atoms with Gasteiger partial charge in [0.05, 0.1) is 6.61 Å². The minimum Gasteiger partial charge on any atom is -0.465 e. The van der Waals surface area contributed by atoms with Gasteiger partial charge in [-0.1, -0.05) is 26.2 Å². The Bertz CT molecular complexity index is 296. The number of hydrogen-bond acceptors (Lipinski definition) is 3. The van der Waals surface area contributed by atoms with Crippen molar-refractivity contribution in [3.8, 4) is 0 Å². The van der Waals surface area contributed by atoms with Crippen LogP contribution in [0.1, 0.15) is 51.3 Å². The van der Waals surface area contributed by atoms with Crippen molar-refractivity contribution >= 4 is 5.97 Å². The first-order valence-electron chi connectivity index (χ1n) is 5.95. The van der Waals surface area contributed by atoms with Gasteiger partial charge in [-0.3, -0.25) is 4.79 Å². The Labute approximate surface area is 96.4 Å². The van der Waals surface area contributed by atoms with Crippen molar-refractivity contribution in [2.45, 2.75) is 45.4 Å². The molecule has 1 atom stereocenters. The molecular formula is C12H20N2O2. The van der Waals surface area contributed by atoms with Gasteiger partial charge in [-0.05, 0) is 13.3 Å². The van der Waals surface area contributed by atoms with E-state index in [9.17, 15) is 4.79 Å². The average molecular weight is 224 g/mol. The van der Waals surface area contributed by atoms with Crippen LogP contribution in [-0.4, -0.2) is 22.5 Å². The minimum absolute atomic E-state index is 0.173. The lowest BCUT2D eigenvalue weighted by Gasteiger charge is -2.12. The zero-order chi connectivity index (χ0) is 11.8. The quantitative estimate of drug-likeness (QED) is 0.572. The zero-order valence-electron chi connectivity index (χ0n) is 10.0. The molecule has 1 rings (SSSR count). The molecule has 1 aromatic rings. The van der Waals surface area contributed by atoms with Crippen LogP contribution >= 0.6 is 0 Å². The molecule has 4 heteroatoms. The molecule has 0 amide bonds. The number of imidazole rings is 1. The van der Waals surface area contributed by atoms with Gasteiger partial charge in [-0.25, -0.2) is 4.98 Å². The van der Waals surface area contributed by atoms with Crippen molar-refractivity contribution in [3.05, 3.63) is 18.2 Å². The molecule has 16 heavy (non-hydrogen) atoms. The molecule has 0 saturated carbocycles. The first kappa shape index (κ1) is 12.7. The standard InChI is InChI=1S/C12H20N2O2/c1-3-5-6-7-10(12(15)16-4-2)11-13-8-9-14-11/h8-10H,3-7H2,1-2H3,(H,13,14). The van der Waals surface area contributed by atoms with Crippen molar-refractivity contribution in [1.29, 1.82) is 0 Å². The van der Waals surface area contributed by atoms with E-state index in [2.05, 4.69) is 16.9 Å². The minimum atomic E-state index is -0.235. The third-order valence-corrected chi connectivity index (χ3v) is 2.52. The monoisotopic (exact) mass is 224 g/mol. The van der Waals surface area contributed by atoms with Gasteiger partial charge in [0.1, 0.15) is 11.7 Å². The first-order valence-corrected chi connectivity index (χ1v) is 5.95. The number of carbonyl (C=O) groups is 1. The Morgan fingerprint density at radius 1 is 1.50 bits per heavy atom. The largest absolute Gasteiger partial charge is 0.465 e. The normalized spacial score (nSPS) is 12.4. The molecule has 1 heterocycles. The van der Waals surface area contributed by atoms with Gasteiger partial charge in [0.15, 0.2) is 0 Å². The van der Waals surface area contributed by atoms with E-state index in [4.69, 9.17) is 4.74 Å². The van der Waals surface area contributed by atoms with Crippen molar-refractivity contribution in [2.24, 2.45) is 0 Å². The number of nitrogens with one attached hydrogen (secondary N) is 1. The molecule has 90 valence electrons. The predicted octanol–water partition coefficient (Wildman–Crippen LogP) is 2.64. The maximum Gasteiger partial charge on any atom is 0.316 e. The van der Waals surface area contributed by atoms with Crippen molar-refractivity contribution in [1.82, 2.24) is 9.97 Å². The highest BCUT2D eigenvalue weighted by Crippen LogP contribution is 2.20. The van der Waals surface area contributed by atoms with E-state index < -0.39 is 0 Å². The fourth-order valence-corrected chi connectivity index (χ4v) is 1.68. The molecule has 0 spiro atoms. The Kier molecular flexibility index (Phi) is 5.61. The number of unbranched alkanes of at least 4 members (excludes halogenated alkanes) is 2. The summed E-state index contributed by atoms with van der Waals surface area (Å²) in [5, 5.41) is 0. The van der Waals surface area contributed by atoms with Crippen LogP contribution < -0.4 is 0 Å². The summed E-state index contributed by atoms with van der Waals surface area (Å²) >= 11 is 0. The summed E-state index contributed by atoms with van der Waals surface area (Å²) in [5.74, 6) is 0.310. The number of esters is 1. The molecular weight excluding hydrogens is 204 g/mol. The van der Waals surface area contributed by atoms with E-state index in [0.29, 0.717) is 6.61 Å². The van der Waals surface area contributed by atoms with Crippen LogP contribution in [-0.2, 0) is 9.53 Å². The number of hydrogen-bond donors (Lipinski definition) is 1. The lowest BCUT2D eigenvalue weighted by molar-refractivity contribution is -0.145. The highest BCUT2D eigenvalue weighted by Gasteiger charge is 2.23. The first-order chi connectivity index (χ1) is 7.79. The van der Waals surface area contributed by atoms with Crippen molar-refractivity contribution in [3.63, 3.8) is 0 Å². The SMILES string of the molecule is CCCCCC(C(=O)OCC)c1ncc[nH]1. The summed E-state index contributed by atoms with van der Waals surface area (Å²) in [6.07, 6.45) is 7.52.